The van der Waals surface area contributed by atoms with Crippen LogP contribution >= 0.6 is 11.3 Å². The van der Waals surface area contributed by atoms with Crippen LogP contribution in [0.4, 0.5) is 0 Å². The number of ether oxygens (including phenoxy) is 1. The quantitative estimate of drug-likeness (QED) is 0.700. The Labute approximate surface area is 188 Å². The van der Waals surface area contributed by atoms with Crippen molar-refractivity contribution < 1.29 is 14.3 Å². The smallest absolute Gasteiger partial charge is 0.253 e. The fraction of sp³-hybridized carbons (Fsp3) is 0.542. The zero-order chi connectivity index (χ0) is 21.8. The summed E-state index contributed by atoms with van der Waals surface area (Å²) in [6, 6.07) is 7.34. The monoisotopic (exact) mass is 441 g/mol. The van der Waals surface area contributed by atoms with Crippen LogP contribution in [0, 0.1) is 18.8 Å². The van der Waals surface area contributed by atoms with Crippen LogP contribution < -0.4 is 4.74 Å². The lowest BCUT2D eigenvalue weighted by molar-refractivity contribution is -0.138. The molecule has 0 aliphatic carbocycles. The Hall–Kier alpha value is -2.41. The first-order chi connectivity index (χ1) is 15.0. The van der Waals surface area contributed by atoms with Gasteiger partial charge in [0.1, 0.15) is 12.4 Å². The Morgan fingerprint density at radius 1 is 1.10 bits per heavy atom. The highest BCUT2D eigenvalue weighted by Gasteiger charge is 2.31. The van der Waals surface area contributed by atoms with E-state index in [9.17, 15) is 9.59 Å². The Morgan fingerprint density at radius 2 is 1.81 bits per heavy atom. The van der Waals surface area contributed by atoms with E-state index in [1.54, 1.807) is 17.4 Å². The van der Waals surface area contributed by atoms with E-state index in [0.29, 0.717) is 36.9 Å². The predicted molar refractivity (Wildman–Crippen MR) is 121 cm³/mol. The number of rotatable bonds is 5. The van der Waals surface area contributed by atoms with Gasteiger partial charge >= 0.3 is 0 Å². The average Bonchev–Trinajstić information content (AvgIpc) is 3.22. The topological polar surface area (TPSA) is 62.7 Å². The number of hydrogen-bond donors (Lipinski definition) is 0. The van der Waals surface area contributed by atoms with E-state index in [1.807, 2.05) is 40.3 Å². The minimum absolute atomic E-state index is 0.00708. The second-order valence-electron chi connectivity index (χ2n) is 8.75. The molecule has 0 N–H and O–H groups in total. The summed E-state index contributed by atoms with van der Waals surface area (Å²) in [5.41, 5.74) is 1.52. The lowest BCUT2D eigenvalue weighted by Crippen LogP contribution is -2.46. The summed E-state index contributed by atoms with van der Waals surface area (Å²) >= 11 is 1.60. The van der Waals surface area contributed by atoms with Crippen molar-refractivity contribution in [2.45, 2.75) is 46.1 Å². The van der Waals surface area contributed by atoms with Crippen molar-refractivity contribution in [1.82, 2.24) is 14.8 Å². The number of amides is 2. The number of piperidine rings is 2. The maximum Gasteiger partial charge on any atom is 0.253 e. The second kappa shape index (κ2) is 9.81. The van der Waals surface area contributed by atoms with Crippen molar-refractivity contribution in [3.8, 4) is 5.75 Å². The van der Waals surface area contributed by atoms with Crippen LogP contribution in [0.15, 0.2) is 29.6 Å². The van der Waals surface area contributed by atoms with Crippen LogP contribution in [0.25, 0.3) is 0 Å². The van der Waals surface area contributed by atoms with Crippen molar-refractivity contribution in [3.05, 3.63) is 45.9 Å². The number of carbonyl (C=O) groups is 2. The van der Waals surface area contributed by atoms with Gasteiger partial charge in [-0.15, -0.1) is 11.3 Å². The molecule has 31 heavy (non-hydrogen) atoms. The first-order valence-corrected chi connectivity index (χ1v) is 12.1. The Balaban J connectivity index is 1.29. The van der Waals surface area contributed by atoms with Gasteiger partial charge in [-0.25, -0.2) is 4.98 Å². The summed E-state index contributed by atoms with van der Waals surface area (Å²) in [6.07, 6.45) is 3.69. The summed E-state index contributed by atoms with van der Waals surface area (Å²) in [6.45, 7) is 7.64. The Kier molecular flexibility index (Phi) is 6.90. The molecular weight excluding hydrogens is 410 g/mol. The molecule has 7 heteroatoms. The van der Waals surface area contributed by atoms with Gasteiger partial charge < -0.3 is 14.5 Å². The van der Waals surface area contributed by atoms with Crippen molar-refractivity contribution in [3.63, 3.8) is 0 Å². The third-order valence-corrected chi connectivity index (χ3v) is 7.18. The van der Waals surface area contributed by atoms with Crippen molar-refractivity contribution in [2.75, 3.05) is 26.2 Å². The molecule has 0 spiro atoms. The number of hydrogen-bond acceptors (Lipinski definition) is 5. The highest BCUT2D eigenvalue weighted by molar-refractivity contribution is 7.09. The normalized spacial score (nSPS) is 18.3. The molecule has 2 saturated heterocycles. The minimum atomic E-state index is 0.00708. The van der Waals surface area contributed by atoms with Crippen LogP contribution in [0.2, 0.25) is 0 Å². The molecule has 2 aliphatic rings. The minimum Gasteiger partial charge on any atom is -0.487 e. The first-order valence-electron chi connectivity index (χ1n) is 11.2. The van der Waals surface area contributed by atoms with Crippen LogP contribution in [0.1, 0.15) is 53.7 Å². The maximum absolute atomic E-state index is 13.0. The molecule has 1 aromatic carbocycles. The molecule has 0 atom stereocenters. The lowest BCUT2D eigenvalue weighted by Gasteiger charge is -2.36. The molecule has 1 aromatic heterocycles. The standard InChI is InChI=1S/C24H31N3O3S/c1-17-6-10-26(11-7-17)23(28)19-8-12-27(13-9-19)24(29)20-4-3-5-22(14-20)30-15-21-16-31-18(2)25-21/h3-5,14,16-17,19H,6-13,15H2,1-2H3. The fourth-order valence-electron chi connectivity index (χ4n) is 4.35. The van der Waals surface area contributed by atoms with Crippen LogP contribution in [-0.2, 0) is 11.4 Å². The number of thiazole rings is 1. The van der Waals surface area contributed by atoms with E-state index in [2.05, 4.69) is 11.9 Å². The van der Waals surface area contributed by atoms with Crippen molar-refractivity contribution in [1.29, 1.82) is 0 Å². The lowest BCUT2D eigenvalue weighted by atomic mass is 9.92. The summed E-state index contributed by atoms with van der Waals surface area (Å²) < 4.78 is 5.83. The molecule has 166 valence electrons. The molecule has 3 heterocycles. The Bertz CT molecular complexity index is 912. The van der Waals surface area contributed by atoms with E-state index in [-0.39, 0.29) is 17.7 Å². The van der Waals surface area contributed by atoms with E-state index < -0.39 is 0 Å². The number of nitrogens with zero attached hydrogens (tertiary/aromatic N) is 3. The average molecular weight is 442 g/mol. The molecule has 0 unspecified atom stereocenters. The van der Waals surface area contributed by atoms with Crippen molar-refractivity contribution in [2.24, 2.45) is 11.8 Å². The van der Waals surface area contributed by atoms with E-state index in [0.717, 1.165) is 49.5 Å². The highest BCUT2D eigenvalue weighted by atomic mass is 32.1. The molecule has 2 aliphatic heterocycles. The zero-order valence-corrected chi connectivity index (χ0v) is 19.2. The van der Waals surface area contributed by atoms with Gasteiger partial charge in [-0.2, -0.15) is 0 Å². The summed E-state index contributed by atoms with van der Waals surface area (Å²) in [5.74, 6) is 1.72. The third-order valence-electron chi connectivity index (χ3n) is 6.36. The summed E-state index contributed by atoms with van der Waals surface area (Å²) in [7, 11) is 0. The molecule has 2 aromatic rings. The largest absolute Gasteiger partial charge is 0.487 e. The van der Waals surface area contributed by atoms with E-state index in [4.69, 9.17) is 4.74 Å². The maximum atomic E-state index is 13.0. The SMILES string of the molecule is Cc1nc(COc2cccc(C(=O)N3CCC(C(=O)N4CCC(C)CC4)CC3)c2)cs1. The third kappa shape index (κ3) is 5.45. The highest BCUT2D eigenvalue weighted by Crippen LogP contribution is 2.25. The van der Waals surface area contributed by atoms with Gasteiger partial charge in [-0.1, -0.05) is 13.0 Å². The van der Waals surface area contributed by atoms with Gasteiger partial charge in [0, 0.05) is 43.0 Å². The summed E-state index contributed by atoms with van der Waals surface area (Å²) in [4.78, 5) is 34.2. The van der Waals surface area contributed by atoms with Gasteiger partial charge in [0.25, 0.3) is 5.91 Å². The van der Waals surface area contributed by atoms with Gasteiger partial charge in [0.15, 0.2) is 0 Å². The second-order valence-corrected chi connectivity index (χ2v) is 9.81. The predicted octanol–water partition coefficient (Wildman–Crippen LogP) is 4.14. The number of benzene rings is 1. The van der Waals surface area contributed by atoms with Gasteiger partial charge in [-0.05, 0) is 56.7 Å². The van der Waals surface area contributed by atoms with E-state index in [1.165, 1.54) is 0 Å². The first kappa shape index (κ1) is 21.8. The molecule has 0 saturated carbocycles. The van der Waals surface area contributed by atoms with Crippen LogP contribution in [-0.4, -0.2) is 52.8 Å². The number of carbonyl (C=O) groups excluding carboxylic acids is 2. The van der Waals surface area contributed by atoms with Crippen LogP contribution in [0.5, 0.6) is 5.75 Å². The van der Waals surface area contributed by atoms with Gasteiger partial charge in [0.05, 0.1) is 10.7 Å². The number of aromatic nitrogens is 1. The molecule has 0 bridgehead atoms. The fourth-order valence-corrected chi connectivity index (χ4v) is 4.95. The van der Waals surface area contributed by atoms with Gasteiger partial charge in [0.2, 0.25) is 5.91 Å². The summed E-state index contributed by atoms with van der Waals surface area (Å²) in [5, 5.41) is 3.00. The van der Waals surface area contributed by atoms with Crippen molar-refractivity contribution >= 4 is 23.2 Å². The molecule has 0 radical (unpaired) electrons. The van der Waals surface area contributed by atoms with Crippen LogP contribution in [0.3, 0.4) is 0 Å². The molecule has 4 rings (SSSR count). The number of aryl methyl sites for hydroxylation is 1. The molecular formula is C24H31N3O3S. The molecule has 2 fully saturated rings. The Morgan fingerprint density at radius 3 is 2.48 bits per heavy atom. The van der Waals surface area contributed by atoms with Gasteiger partial charge in [-0.3, -0.25) is 9.59 Å². The number of likely N-dealkylation sites (tertiary alicyclic amines) is 2. The molecule has 2 amide bonds. The zero-order valence-electron chi connectivity index (χ0n) is 18.4. The molecule has 6 nitrogen and oxygen atoms in total. The van der Waals surface area contributed by atoms with E-state index >= 15 is 0 Å².